The molecule has 114 valence electrons. The van der Waals surface area contributed by atoms with E-state index in [1.165, 1.54) is 24.0 Å². The first-order valence-corrected chi connectivity index (χ1v) is 7.79. The van der Waals surface area contributed by atoms with E-state index in [9.17, 15) is 0 Å². The van der Waals surface area contributed by atoms with Gasteiger partial charge in [-0.1, -0.05) is 45.4 Å². The number of hydrogen-bond donors (Lipinski definition) is 1. The Labute approximate surface area is 124 Å². The molecule has 0 saturated heterocycles. The third-order valence-electron chi connectivity index (χ3n) is 3.80. The number of benzene rings is 1. The highest BCUT2D eigenvalue weighted by atomic mass is 16.5. The second kappa shape index (κ2) is 7.68. The van der Waals surface area contributed by atoms with Crippen molar-refractivity contribution in [1.29, 1.82) is 0 Å². The fourth-order valence-corrected chi connectivity index (χ4v) is 2.42. The van der Waals surface area contributed by atoms with Gasteiger partial charge in [-0.15, -0.1) is 0 Å². The summed E-state index contributed by atoms with van der Waals surface area (Å²) in [7, 11) is 2.03. The monoisotopic (exact) mass is 277 g/mol. The molecule has 1 N–H and O–H groups in total. The molecule has 1 aromatic carbocycles. The lowest BCUT2D eigenvalue weighted by Crippen LogP contribution is -2.24. The van der Waals surface area contributed by atoms with E-state index in [2.05, 4.69) is 58.1 Å². The molecule has 0 amide bonds. The Morgan fingerprint density at radius 2 is 1.95 bits per heavy atom. The van der Waals surface area contributed by atoms with Gasteiger partial charge < -0.3 is 10.1 Å². The van der Waals surface area contributed by atoms with Gasteiger partial charge in [-0.25, -0.2) is 0 Å². The highest BCUT2D eigenvalue weighted by Crippen LogP contribution is 2.32. The summed E-state index contributed by atoms with van der Waals surface area (Å²) < 4.78 is 6.03. The summed E-state index contributed by atoms with van der Waals surface area (Å²) in [4.78, 5) is 0. The minimum Gasteiger partial charge on any atom is -0.493 e. The molecule has 0 aromatic heterocycles. The smallest absolute Gasteiger partial charge is 0.123 e. The zero-order chi connectivity index (χ0) is 15.2. The molecule has 1 atom stereocenters. The Morgan fingerprint density at radius 3 is 2.50 bits per heavy atom. The van der Waals surface area contributed by atoms with Crippen LogP contribution in [0.2, 0.25) is 0 Å². The van der Waals surface area contributed by atoms with E-state index in [0.29, 0.717) is 6.04 Å². The van der Waals surface area contributed by atoms with Crippen LogP contribution < -0.4 is 10.1 Å². The normalized spacial score (nSPS) is 13.3. The van der Waals surface area contributed by atoms with Crippen LogP contribution >= 0.6 is 0 Å². The Kier molecular flexibility index (Phi) is 6.54. The standard InChI is InChI=1S/C18H31NO/c1-7-15(19-6)9-8-12-20-17-11-10-14(2)13-16(17)18(3,4)5/h10-11,13,15,19H,7-9,12H2,1-6H3. The van der Waals surface area contributed by atoms with Gasteiger partial charge in [0.05, 0.1) is 6.61 Å². The molecule has 0 spiro atoms. The molecule has 0 heterocycles. The lowest BCUT2D eigenvalue weighted by atomic mass is 9.85. The fourth-order valence-electron chi connectivity index (χ4n) is 2.42. The van der Waals surface area contributed by atoms with Gasteiger partial charge in [0.2, 0.25) is 0 Å². The third-order valence-corrected chi connectivity index (χ3v) is 3.80. The number of aryl methyl sites for hydroxylation is 1. The van der Waals surface area contributed by atoms with Crippen molar-refractivity contribution in [3.8, 4) is 5.75 Å². The van der Waals surface area contributed by atoms with Crippen molar-refractivity contribution >= 4 is 0 Å². The molecule has 20 heavy (non-hydrogen) atoms. The quantitative estimate of drug-likeness (QED) is 0.743. The van der Waals surface area contributed by atoms with Crippen molar-refractivity contribution in [2.75, 3.05) is 13.7 Å². The van der Waals surface area contributed by atoms with Crippen LogP contribution in [-0.2, 0) is 5.41 Å². The summed E-state index contributed by atoms with van der Waals surface area (Å²) in [5.41, 5.74) is 2.72. The molecular weight excluding hydrogens is 246 g/mol. The van der Waals surface area contributed by atoms with Crippen molar-refractivity contribution in [3.05, 3.63) is 29.3 Å². The second-order valence-electron chi connectivity index (χ2n) is 6.63. The van der Waals surface area contributed by atoms with E-state index in [1.54, 1.807) is 0 Å². The van der Waals surface area contributed by atoms with Gasteiger partial charge in [-0.05, 0) is 50.3 Å². The van der Waals surface area contributed by atoms with Gasteiger partial charge in [0.1, 0.15) is 5.75 Å². The Balaban J connectivity index is 2.60. The first-order valence-electron chi connectivity index (χ1n) is 7.79. The van der Waals surface area contributed by atoms with Crippen LogP contribution in [0.3, 0.4) is 0 Å². The number of hydrogen-bond acceptors (Lipinski definition) is 2. The molecule has 2 heteroatoms. The van der Waals surface area contributed by atoms with Crippen LogP contribution in [0, 0.1) is 6.92 Å². The highest BCUT2D eigenvalue weighted by Gasteiger charge is 2.19. The van der Waals surface area contributed by atoms with Gasteiger partial charge in [-0.2, -0.15) is 0 Å². The first kappa shape index (κ1) is 17.0. The van der Waals surface area contributed by atoms with Crippen LogP contribution in [0.5, 0.6) is 5.75 Å². The molecule has 0 fully saturated rings. The van der Waals surface area contributed by atoms with Crippen LogP contribution in [0.15, 0.2) is 18.2 Å². The van der Waals surface area contributed by atoms with Crippen molar-refractivity contribution < 1.29 is 4.74 Å². The van der Waals surface area contributed by atoms with E-state index in [0.717, 1.165) is 18.8 Å². The fraction of sp³-hybridized carbons (Fsp3) is 0.667. The van der Waals surface area contributed by atoms with Crippen molar-refractivity contribution in [2.24, 2.45) is 0 Å². The molecule has 1 rings (SSSR count). The molecule has 0 aliphatic carbocycles. The predicted molar refractivity (Wildman–Crippen MR) is 87.7 cm³/mol. The summed E-state index contributed by atoms with van der Waals surface area (Å²) in [5.74, 6) is 1.04. The average Bonchev–Trinajstić information content (AvgIpc) is 2.39. The molecule has 0 aliphatic rings. The maximum absolute atomic E-state index is 6.03. The molecule has 0 aliphatic heterocycles. The van der Waals surface area contributed by atoms with Crippen LogP contribution in [0.4, 0.5) is 0 Å². The zero-order valence-corrected chi connectivity index (χ0v) is 14.0. The highest BCUT2D eigenvalue weighted by molar-refractivity contribution is 5.41. The SMILES string of the molecule is CCC(CCCOc1ccc(C)cc1C(C)(C)C)NC. The molecule has 2 nitrogen and oxygen atoms in total. The summed E-state index contributed by atoms with van der Waals surface area (Å²) in [6, 6.07) is 7.11. The first-order chi connectivity index (χ1) is 9.38. The topological polar surface area (TPSA) is 21.3 Å². The van der Waals surface area contributed by atoms with Crippen molar-refractivity contribution in [2.45, 2.75) is 65.3 Å². The van der Waals surface area contributed by atoms with Crippen molar-refractivity contribution in [1.82, 2.24) is 5.32 Å². The summed E-state index contributed by atoms with van der Waals surface area (Å²) in [6.45, 7) is 11.9. The maximum Gasteiger partial charge on any atom is 0.123 e. The number of nitrogens with one attached hydrogen (secondary N) is 1. The third kappa shape index (κ3) is 5.16. The molecule has 1 aromatic rings. The minimum atomic E-state index is 0.123. The van der Waals surface area contributed by atoms with E-state index >= 15 is 0 Å². The van der Waals surface area contributed by atoms with E-state index < -0.39 is 0 Å². The molecule has 0 radical (unpaired) electrons. The minimum absolute atomic E-state index is 0.123. The predicted octanol–water partition coefficient (Wildman–Crippen LogP) is 4.45. The Bertz CT molecular complexity index is 402. The summed E-state index contributed by atoms with van der Waals surface area (Å²) in [5, 5.41) is 3.34. The van der Waals surface area contributed by atoms with E-state index in [-0.39, 0.29) is 5.41 Å². The molecule has 0 bridgehead atoms. The van der Waals surface area contributed by atoms with Gasteiger partial charge in [0.25, 0.3) is 0 Å². The Hall–Kier alpha value is -1.02. The Morgan fingerprint density at radius 1 is 1.25 bits per heavy atom. The van der Waals surface area contributed by atoms with Crippen LogP contribution in [-0.4, -0.2) is 19.7 Å². The van der Waals surface area contributed by atoms with E-state index in [1.807, 2.05) is 7.05 Å². The van der Waals surface area contributed by atoms with E-state index in [4.69, 9.17) is 4.74 Å². The van der Waals surface area contributed by atoms with Crippen LogP contribution in [0.25, 0.3) is 0 Å². The van der Waals surface area contributed by atoms with Gasteiger partial charge in [0.15, 0.2) is 0 Å². The molecule has 1 unspecified atom stereocenters. The maximum atomic E-state index is 6.03. The zero-order valence-electron chi connectivity index (χ0n) is 14.0. The molecule has 0 saturated carbocycles. The van der Waals surface area contributed by atoms with Crippen molar-refractivity contribution in [3.63, 3.8) is 0 Å². The second-order valence-corrected chi connectivity index (χ2v) is 6.63. The van der Waals surface area contributed by atoms with Crippen LogP contribution in [0.1, 0.15) is 58.1 Å². The van der Waals surface area contributed by atoms with Gasteiger partial charge >= 0.3 is 0 Å². The average molecular weight is 277 g/mol. The summed E-state index contributed by atoms with van der Waals surface area (Å²) in [6.07, 6.45) is 3.44. The number of rotatable bonds is 7. The van der Waals surface area contributed by atoms with Gasteiger partial charge in [-0.3, -0.25) is 0 Å². The largest absolute Gasteiger partial charge is 0.493 e. The lowest BCUT2D eigenvalue weighted by molar-refractivity contribution is 0.289. The lowest BCUT2D eigenvalue weighted by Gasteiger charge is -2.23. The molecular formula is C18H31NO. The number of ether oxygens (including phenoxy) is 1. The van der Waals surface area contributed by atoms with Gasteiger partial charge in [0, 0.05) is 6.04 Å². The summed E-state index contributed by atoms with van der Waals surface area (Å²) >= 11 is 0.